The first-order chi connectivity index (χ1) is 12.5. The molecule has 0 bridgehead atoms. The van der Waals surface area contributed by atoms with Crippen LogP contribution in [0.4, 0.5) is 11.4 Å². The molecule has 4 nitrogen and oxygen atoms in total. The van der Waals surface area contributed by atoms with Gasteiger partial charge < -0.3 is 10.6 Å². The first-order valence-corrected chi connectivity index (χ1v) is 8.93. The van der Waals surface area contributed by atoms with Crippen LogP contribution in [-0.2, 0) is 0 Å². The first-order valence-electron chi connectivity index (χ1n) is 7.76. The molecule has 0 atom stereocenters. The Morgan fingerprint density at radius 3 is 2.04 bits per heavy atom. The lowest BCUT2D eigenvalue weighted by molar-refractivity contribution is 0.101. The van der Waals surface area contributed by atoms with E-state index in [0.717, 1.165) is 4.47 Å². The second-order valence-corrected chi connectivity index (χ2v) is 6.80. The molecule has 6 heteroatoms. The zero-order valence-electron chi connectivity index (χ0n) is 13.5. The van der Waals surface area contributed by atoms with Crippen molar-refractivity contribution in [3.8, 4) is 0 Å². The number of carbonyl (C=O) groups is 2. The summed E-state index contributed by atoms with van der Waals surface area (Å²) in [6, 6.07) is 20.8. The molecule has 0 unspecified atom stereocenters. The van der Waals surface area contributed by atoms with E-state index < -0.39 is 0 Å². The summed E-state index contributed by atoms with van der Waals surface area (Å²) in [5, 5.41) is 5.87. The van der Waals surface area contributed by atoms with E-state index in [-0.39, 0.29) is 11.8 Å². The van der Waals surface area contributed by atoms with Gasteiger partial charge in [0.15, 0.2) is 0 Å². The van der Waals surface area contributed by atoms with Crippen LogP contribution < -0.4 is 10.6 Å². The van der Waals surface area contributed by atoms with Crippen LogP contribution in [0.1, 0.15) is 20.7 Å². The van der Waals surface area contributed by atoms with Crippen molar-refractivity contribution in [1.29, 1.82) is 0 Å². The molecular weight excluding hydrogens is 416 g/mol. The van der Waals surface area contributed by atoms with Crippen molar-refractivity contribution >= 4 is 50.7 Å². The molecule has 0 radical (unpaired) electrons. The molecule has 130 valence electrons. The standard InChI is InChI=1S/C20H14BrClN2O2/c21-15-8-6-14(7-9-15)19(25)23-16-10-11-18(17(22)12-16)24-20(26)13-4-2-1-3-5-13/h1-12H,(H,23,25)(H,24,26). The first kappa shape index (κ1) is 18.2. The molecule has 2 N–H and O–H groups in total. The van der Waals surface area contributed by atoms with Crippen molar-refractivity contribution in [3.63, 3.8) is 0 Å². The van der Waals surface area contributed by atoms with Gasteiger partial charge >= 0.3 is 0 Å². The van der Waals surface area contributed by atoms with Crippen molar-refractivity contribution in [2.75, 3.05) is 10.6 Å². The lowest BCUT2D eigenvalue weighted by atomic mass is 10.2. The fourth-order valence-corrected chi connectivity index (χ4v) is 2.77. The maximum Gasteiger partial charge on any atom is 0.255 e. The van der Waals surface area contributed by atoms with Crippen LogP contribution in [0.25, 0.3) is 0 Å². The molecule has 3 aromatic carbocycles. The van der Waals surface area contributed by atoms with Gasteiger partial charge in [-0.1, -0.05) is 45.7 Å². The van der Waals surface area contributed by atoms with Gasteiger partial charge in [-0.25, -0.2) is 0 Å². The Morgan fingerprint density at radius 1 is 0.769 bits per heavy atom. The molecule has 0 spiro atoms. The van der Waals surface area contributed by atoms with E-state index in [1.54, 1.807) is 66.7 Å². The van der Waals surface area contributed by atoms with Crippen LogP contribution in [-0.4, -0.2) is 11.8 Å². The molecule has 3 aromatic rings. The molecule has 0 fully saturated rings. The Hall–Kier alpha value is -2.63. The number of nitrogens with one attached hydrogen (secondary N) is 2. The van der Waals surface area contributed by atoms with Gasteiger partial charge in [0.2, 0.25) is 0 Å². The Labute approximate surface area is 164 Å². The summed E-state index contributed by atoms with van der Waals surface area (Å²) in [6.07, 6.45) is 0. The summed E-state index contributed by atoms with van der Waals surface area (Å²) in [6.45, 7) is 0. The van der Waals surface area contributed by atoms with E-state index in [2.05, 4.69) is 26.6 Å². The zero-order chi connectivity index (χ0) is 18.5. The fraction of sp³-hybridized carbons (Fsp3) is 0. The highest BCUT2D eigenvalue weighted by Crippen LogP contribution is 2.26. The smallest absolute Gasteiger partial charge is 0.255 e. The molecule has 0 saturated carbocycles. The van der Waals surface area contributed by atoms with E-state index in [1.165, 1.54) is 0 Å². The van der Waals surface area contributed by atoms with E-state index in [0.29, 0.717) is 27.5 Å². The fourth-order valence-electron chi connectivity index (χ4n) is 2.28. The van der Waals surface area contributed by atoms with Crippen molar-refractivity contribution in [2.45, 2.75) is 0 Å². The van der Waals surface area contributed by atoms with Crippen molar-refractivity contribution < 1.29 is 9.59 Å². The maximum absolute atomic E-state index is 12.2. The van der Waals surface area contributed by atoms with Crippen molar-refractivity contribution in [1.82, 2.24) is 0 Å². The van der Waals surface area contributed by atoms with E-state index in [4.69, 9.17) is 11.6 Å². The highest BCUT2D eigenvalue weighted by atomic mass is 79.9. The van der Waals surface area contributed by atoms with Crippen LogP contribution in [0.15, 0.2) is 77.3 Å². The number of hydrogen-bond donors (Lipinski definition) is 2. The predicted octanol–water partition coefficient (Wildman–Crippen LogP) is 5.61. The minimum absolute atomic E-state index is 0.241. The van der Waals surface area contributed by atoms with Gasteiger partial charge in [0, 0.05) is 21.3 Å². The Kier molecular flexibility index (Phi) is 5.71. The lowest BCUT2D eigenvalue weighted by Crippen LogP contribution is -2.13. The number of halogens is 2. The monoisotopic (exact) mass is 428 g/mol. The van der Waals surface area contributed by atoms with E-state index in [9.17, 15) is 9.59 Å². The van der Waals surface area contributed by atoms with Gasteiger partial charge in [-0.15, -0.1) is 0 Å². The van der Waals surface area contributed by atoms with Gasteiger partial charge in [-0.2, -0.15) is 0 Å². The summed E-state index contributed by atoms with van der Waals surface area (Å²) < 4.78 is 0.899. The Balaban J connectivity index is 1.70. The van der Waals surface area contributed by atoms with Crippen molar-refractivity contribution in [3.05, 3.63) is 93.4 Å². The normalized spacial score (nSPS) is 10.2. The predicted molar refractivity (Wildman–Crippen MR) is 108 cm³/mol. The van der Waals surface area contributed by atoms with Crippen LogP contribution in [0.3, 0.4) is 0 Å². The third-order valence-corrected chi connectivity index (χ3v) is 4.46. The van der Waals surface area contributed by atoms with Crippen LogP contribution in [0.2, 0.25) is 5.02 Å². The number of rotatable bonds is 4. The number of anilines is 2. The summed E-state index contributed by atoms with van der Waals surface area (Å²) in [5.41, 5.74) is 2.09. The molecule has 2 amide bonds. The summed E-state index contributed by atoms with van der Waals surface area (Å²) in [4.78, 5) is 24.4. The highest BCUT2D eigenvalue weighted by molar-refractivity contribution is 9.10. The topological polar surface area (TPSA) is 58.2 Å². The Morgan fingerprint density at radius 2 is 1.38 bits per heavy atom. The van der Waals surface area contributed by atoms with E-state index in [1.807, 2.05) is 6.07 Å². The Bertz CT molecular complexity index is 944. The number of hydrogen-bond acceptors (Lipinski definition) is 2. The second kappa shape index (κ2) is 8.17. The van der Waals surface area contributed by atoms with Crippen LogP contribution >= 0.6 is 27.5 Å². The quantitative estimate of drug-likeness (QED) is 0.566. The molecule has 0 heterocycles. The highest BCUT2D eigenvalue weighted by Gasteiger charge is 2.10. The van der Waals surface area contributed by atoms with Gasteiger partial charge in [0.1, 0.15) is 0 Å². The lowest BCUT2D eigenvalue weighted by Gasteiger charge is -2.10. The second-order valence-electron chi connectivity index (χ2n) is 5.48. The average Bonchev–Trinajstić information content (AvgIpc) is 2.65. The minimum Gasteiger partial charge on any atom is -0.322 e. The van der Waals surface area contributed by atoms with Crippen LogP contribution in [0, 0.1) is 0 Å². The van der Waals surface area contributed by atoms with Gasteiger partial charge in [0.25, 0.3) is 11.8 Å². The average molecular weight is 430 g/mol. The van der Waals surface area contributed by atoms with Crippen LogP contribution in [0.5, 0.6) is 0 Å². The van der Waals surface area contributed by atoms with Gasteiger partial charge in [0.05, 0.1) is 10.7 Å². The molecular formula is C20H14BrClN2O2. The zero-order valence-corrected chi connectivity index (χ0v) is 15.8. The van der Waals surface area contributed by atoms with E-state index >= 15 is 0 Å². The molecule has 0 aromatic heterocycles. The van der Waals surface area contributed by atoms with Gasteiger partial charge in [-0.05, 0) is 54.6 Å². The minimum atomic E-state index is -0.251. The third kappa shape index (κ3) is 4.50. The molecule has 0 aliphatic heterocycles. The molecule has 0 saturated heterocycles. The molecule has 0 aliphatic carbocycles. The summed E-state index contributed by atoms with van der Waals surface area (Å²) in [7, 11) is 0. The summed E-state index contributed by atoms with van der Waals surface area (Å²) in [5.74, 6) is -0.492. The van der Waals surface area contributed by atoms with Crippen molar-refractivity contribution in [2.24, 2.45) is 0 Å². The SMILES string of the molecule is O=C(Nc1ccc(NC(=O)c2ccccc2)c(Cl)c1)c1ccc(Br)cc1. The molecule has 3 rings (SSSR count). The maximum atomic E-state index is 12.2. The molecule has 26 heavy (non-hydrogen) atoms. The third-order valence-electron chi connectivity index (χ3n) is 3.62. The summed E-state index contributed by atoms with van der Waals surface area (Å²) >= 11 is 9.57. The number of carbonyl (C=O) groups excluding carboxylic acids is 2. The number of amides is 2. The largest absolute Gasteiger partial charge is 0.322 e. The molecule has 0 aliphatic rings. The number of benzene rings is 3. The van der Waals surface area contributed by atoms with Gasteiger partial charge in [-0.3, -0.25) is 9.59 Å².